The normalized spacial score (nSPS) is 25.7. The van der Waals surface area contributed by atoms with Gasteiger partial charge >= 0.3 is 0 Å². The number of carbonyl (C=O) groups is 2. The standard InChI is InChI=1S/C15H21ClN4O3/c1-19-13(10(16)8-18-19)15(22)20-6-4-9(5-7-20)11-2-3-12(23-11)14(17)21/h8-9,11-12H,2-7H2,1H3,(H2,17,21)/t11-,12+/m0/s1. The second-order valence-electron chi connectivity index (χ2n) is 6.24. The van der Waals surface area contributed by atoms with Crippen LogP contribution in [0.2, 0.25) is 5.02 Å². The minimum atomic E-state index is -0.451. The molecule has 126 valence electrons. The number of rotatable bonds is 3. The number of nitrogens with zero attached hydrogens (tertiary/aromatic N) is 3. The minimum absolute atomic E-state index is 0.0741. The van der Waals surface area contributed by atoms with Gasteiger partial charge in [0, 0.05) is 20.1 Å². The second-order valence-corrected chi connectivity index (χ2v) is 6.64. The van der Waals surface area contributed by atoms with Gasteiger partial charge in [0.05, 0.1) is 17.3 Å². The van der Waals surface area contributed by atoms with E-state index in [-0.39, 0.29) is 17.9 Å². The molecule has 0 radical (unpaired) electrons. The van der Waals surface area contributed by atoms with Crippen LogP contribution in [0.5, 0.6) is 0 Å². The van der Waals surface area contributed by atoms with Crippen molar-refractivity contribution in [2.45, 2.75) is 37.9 Å². The fraction of sp³-hybridized carbons (Fsp3) is 0.667. The lowest BCUT2D eigenvalue weighted by Crippen LogP contribution is -2.42. The molecule has 2 aliphatic heterocycles. The minimum Gasteiger partial charge on any atom is -0.367 e. The third kappa shape index (κ3) is 3.21. The van der Waals surface area contributed by atoms with Gasteiger partial charge in [-0.05, 0) is 31.6 Å². The predicted octanol–water partition coefficient (Wildman–Crippen LogP) is 0.959. The van der Waals surface area contributed by atoms with Crippen molar-refractivity contribution in [2.75, 3.05) is 13.1 Å². The molecule has 7 nitrogen and oxygen atoms in total. The first kappa shape index (κ1) is 16.3. The van der Waals surface area contributed by atoms with Crippen LogP contribution in [-0.2, 0) is 16.6 Å². The van der Waals surface area contributed by atoms with E-state index in [0.717, 1.165) is 19.3 Å². The van der Waals surface area contributed by atoms with Crippen LogP contribution in [0.1, 0.15) is 36.2 Å². The summed E-state index contributed by atoms with van der Waals surface area (Å²) >= 11 is 6.04. The van der Waals surface area contributed by atoms with Crippen LogP contribution in [0.4, 0.5) is 0 Å². The third-order valence-electron chi connectivity index (χ3n) is 4.82. The maximum Gasteiger partial charge on any atom is 0.273 e. The summed E-state index contributed by atoms with van der Waals surface area (Å²) < 4.78 is 7.26. The van der Waals surface area contributed by atoms with Gasteiger partial charge in [-0.25, -0.2) is 0 Å². The first-order valence-electron chi connectivity index (χ1n) is 7.89. The number of piperidine rings is 1. The van der Waals surface area contributed by atoms with Gasteiger partial charge in [-0.1, -0.05) is 11.6 Å². The van der Waals surface area contributed by atoms with Crippen molar-refractivity contribution in [3.8, 4) is 0 Å². The summed E-state index contributed by atoms with van der Waals surface area (Å²) in [6.07, 6.45) is 4.38. The average molecular weight is 341 g/mol. The number of carbonyl (C=O) groups excluding carboxylic acids is 2. The highest BCUT2D eigenvalue weighted by Gasteiger charge is 2.37. The van der Waals surface area contributed by atoms with Gasteiger partial charge in [0.25, 0.3) is 5.91 Å². The zero-order valence-corrected chi connectivity index (χ0v) is 13.8. The highest BCUT2D eigenvalue weighted by Crippen LogP contribution is 2.32. The van der Waals surface area contributed by atoms with Crippen molar-refractivity contribution in [3.63, 3.8) is 0 Å². The van der Waals surface area contributed by atoms with Crippen LogP contribution in [0, 0.1) is 5.92 Å². The zero-order valence-electron chi connectivity index (χ0n) is 13.1. The molecule has 3 rings (SSSR count). The summed E-state index contributed by atoms with van der Waals surface area (Å²) in [7, 11) is 1.71. The summed E-state index contributed by atoms with van der Waals surface area (Å²) in [6, 6.07) is 0. The molecular formula is C15H21ClN4O3. The van der Waals surface area contributed by atoms with Crippen molar-refractivity contribution in [1.82, 2.24) is 14.7 Å². The number of aryl methyl sites for hydroxylation is 1. The maximum atomic E-state index is 12.6. The van der Waals surface area contributed by atoms with Crippen molar-refractivity contribution < 1.29 is 14.3 Å². The quantitative estimate of drug-likeness (QED) is 0.887. The van der Waals surface area contributed by atoms with Crippen molar-refractivity contribution in [2.24, 2.45) is 18.7 Å². The summed E-state index contributed by atoms with van der Waals surface area (Å²) in [6.45, 7) is 1.32. The lowest BCUT2D eigenvalue weighted by Gasteiger charge is -2.34. The molecule has 2 amide bonds. The van der Waals surface area contributed by atoms with Crippen LogP contribution >= 0.6 is 11.6 Å². The van der Waals surface area contributed by atoms with Gasteiger partial charge in [-0.3, -0.25) is 14.3 Å². The van der Waals surface area contributed by atoms with E-state index < -0.39 is 6.10 Å². The van der Waals surface area contributed by atoms with E-state index in [9.17, 15) is 9.59 Å². The molecule has 2 N–H and O–H groups in total. The Morgan fingerprint density at radius 3 is 2.52 bits per heavy atom. The molecule has 0 aromatic carbocycles. The fourth-order valence-corrected chi connectivity index (χ4v) is 3.74. The Bertz CT molecular complexity index is 590. The SMILES string of the molecule is Cn1ncc(Cl)c1C(=O)N1CCC([C@@H]2CC[C@H](C(N)=O)O2)CC1. The fourth-order valence-electron chi connectivity index (χ4n) is 3.49. The number of halogens is 1. The van der Waals surface area contributed by atoms with E-state index >= 15 is 0 Å². The van der Waals surface area contributed by atoms with Crippen molar-refractivity contribution in [1.29, 1.82) is 0 Å². The summed E-state index contributed by atoms with van der Waals surface area (Å²) in [5.74, 6) is -0.104. The molecule has 0 unspecified atom stereocenters. The molecule has 3 heterocycles. The number of likely N-dealkylation sites (tertiary alicyclic amines) is 1. The molecule has 2 saturated heterocycles. The van der Waals surface area contributed by atoms with E-state index in [1.54, 1.807) is 11.9 Å². The Labute approximate surface area is 139 Å². The van der Waals surface area contributed by atoms with Crippen LogP contribution in [0.25, 0.3) is 0 Å². The van der Waals surface area contributed by atoms with Gasteiger partial charge in [0.2, 0.25) is 5.91 Å². The molecule has 0 bridgehead atoms. The molecule has 8 heteroatoms. The van der Waals surface area contributed by atoms with Crippen LogP contribution < -0.4 is 5.73 Å². The number of primary amides is 1. The second kappa shape index (κ2) is 6.49. The molecule has 2 fully saturated rings. The number of hydrogen-bond acceptors (Lipinski definition) is 4. The predicted molar refractivity (Wildman–Crippen MR) is 83.9 cm³/mol. The molecule has 23 heavy (non-hydrogen) atoms. The number of aromatic nitrogens is 2. The number of nitrogens with two attached hydrogens (primary N) is 1. The van der Waals surface area contributed by atoms with E-state index in [1.807, 2.05) is 0 Å². The molecule has 2 aliphatic rings. The first-order valence-corrected chi connectivity index (χ1v) is 8.26. The number of hydrogen-bond donors (Lipinski definition) is 1. The highest BCUT2D eigenvalue weighted by atomic mass is 35.5. The van der Waals surface area contributed by atoms with E-state index in [2.05, 4.69) is 5.10 Å². The molecule has 0 aliphatic carbocycles. The van der Waals surface area contributed by atoms with Gasteiger partial charge in [-0.2, -0.15) is 5.10 Å². The van der Waals surface area contributed by atoms with Crippen molar-refractivity contribution in [3.05, 3.63) is 16.9 Å². The zero-order chi connectivity index (χ0) is 16.6. The molecule has 2 atom stereocenters. The lowest BCUT2D eigenvalue weighted by atomic mass is 9.89. The molecule has 1 aromatic heterocycles. The van der Waals surface area contributed by atoms with E-state index in [4.69, 9.17) is 22.1 Å². The molecule has 1 aromatic rings. The third-order valence-corrected chi connectivity index (χ3v) is 5.10. The van der Waals surface area contributed by atoms with Crippen LogP contribution in [0.15, 0.2) is 6.20 Å². The van der Waals surface area contributed by atoms with Gasteiger partial charge in [0.1, 0.15) is 11.8 Å². The number of amides is 2. The Balaban J connectivity index is 1.57. The van der Waals surface area contributed by atoms with Crippen molar-refractivity contribution >= 4 is 23.4 Å². The van der Waals surface area contributed by atoms with Gasteiger partial charge in [-0.15, -0.1) is 0 Å². The summed E-state index contributed by atoms with van der Waals surface area (Å²) in [5.41, 5.74) is 5.72. The Morgan fingerprint density at radius 1 is 1.30 bits per heavy atom. The number of ether oxygens (including phenoxy) is 1. The monoisotopic (exact) mass is 340 g/mol. The summed E-state index contributed by atoms with van der Waals surface area (Å²) in [4.78, 5) is 25.6. The Morgan fingerprint density at radius 2 is 2.00 bits per heavy atom. The van der Waals surface area contributed by atoms with Crippen LogP contribution in [0.3, 0.4) is 0 Å². The Hall–Kier alpha value is -1.60. The topological polar surface area (TPSA) is 90.5 Å². The Kier molecular flexibility index (Phi) is 4.59. The first-order chi connectivity index (χ1) is 11.0. The summed E-state index contributed by atoms with van der Waals surface area (Å²) in [5, 5.41) is 4.39. The maximum absolute atomic E-state index is 12.6. The lowest BCUT2D eigenvalue weighted by molar-refractivity contribution is -0.130. The van der Waals surface area contributed by atoms with Crippen LogP contribution in [-0.4, -0.2) is 51.8 Å². The molecule has 0 spiro atoms. The van der Waals surface area contributed by atoms with Gasteiger partial charge < -0.3 is 15.4 Å². The van der Waals surface area contributed by atoms with E-state index in [1.165, 1.54) is 10.9 Å². The average Bonchev–Trinajstić information content (AvgIpc) is 3.14. The molecule has 0 saturated carbocycles. The van der Waals surface area contributed by atoms with E-state index in [0.29, 0.717) is 36.1 Å². The highest BCUT2D eigenvalue weighted by molar-refractivity contribution is 6.33. The molecular weight excluding hydrogens is 320 g/mol. The smallest absolute Gasteiger partial charge is 0.273 e. The largest absolute Gasteiger partial charge is 0.367 e. The van der Waals surface area contributed by atoms with Gasteiger partial charge in [0.15, 0.2) is 0 Å².